The molecule has 2 aromatic rings. The van der Waals surface area contributed by atoms with Crippen LogP contribution in [0.15, 0.2) is 36.4 Å². The van der Waals surface area contributed by atoms with Gasteiger partial charge in [-0.1, -0.05) is 43.7 Å². The van der Waals surface area contributed by atoms with E-state index in [0.29, 0.717) is 5.82 Å². The number of aryl methyl sites for hydroxylation is 1. The number of nitrogens with two attached hydrogens (primary N) is 1. The number of nitrogens with zero attached hydrogens (tertiary/aromatic N) is 1. The topological polar surface area (TPSA) is 83.8 Å². The van der Waals surface area contributed by atoms with E-state index in [1.54, 1.807) is 0 Å². The number of hydrogen-bond acceptors (Lipinski definition) is 3. The zero-order valence-corrected chi connectivity index (χ0v) is 11.6. The van der Waals surface area contributed by atoms with E-state index >= 15 is 0 Å². The minimum absolute atomic E-state index is 0.129. The van der Waals surface area contributed by atoms with Gasteiger partial charge in [0.05, 0.1) is 0 Å². The molecule has 0 saturated carbocycles. The molecule has 0 fully saturated rings. The van der Waals surface area contributed by atoms with Gasteiger partial charge in [0.25, 0.3) is 0 Å². The Bertz CT molecular complexity index is 550. The molecule has 1 aromatic carbocycles. The molecule has 4 N–H and O–H groups in total. The normalized spacial score (nSPS) is 12.1. The molecule has 2 rings (SSSR count). The van der Waals surface area contributed by atoms with Crippen molar-refractivity contribution in [2.45, 2.75) is 32.2 Å². The molecule has 0 aliphatic rings. The number of amides is 1. The minimum Gasteiger partial charge on any atom is -0.324 e. The van der Waals surface area contributed by atoms with Gasteiger partial charge in [0.15, 0.2) is 5.82 Å². The van der Waals surface area contributed by atoms with E-state index in [0.717, 1.165) is 24.1 Å². The van der Waals surface area contributed by atoms with Crippen molar-refractivity contribution in [2.24, 2.45) is 5.73 Å². The zero-order chi connectivity index (χ0) is 14.4. The zero-order valence-electron chi connectivity index (χ0n) is 11.6. The molecule has 20 heavy (non-hydrogen) atoms. The molecule has 1 atom stereocenters. The van der Waals surface area contributed by atoms with Gasteiger partial charge < -0.3 is 11.1 Å². The molecule has 0 spiro atoms. The summed E-state index contributed by atoms with van der Waals surface area (Å²) in [6.45, 7) is 2.10. The maximum atomic E-state index is 11.9. The van der Waals surface area contributed by atoms with Crippen LogP contribution in [0.1, 0.15) is 37.1 Å². The average Bonchev–Trinajstić information content (AvgIpc) is 2.87. The van der Waals surface area contributed by atoms with Crippen LogP contribution in [0.25, 0.3) is 0 Å². The van der Waals surface area contributed by atoms with Crippen molar-refractivity contribution < 1.29 is 4.79 Å². The summed E-state index contributed by atoms with van der Waals surface area (Å²) in [4.78, 5) is 11.9. The summed E-state index contributed by atoms with van der Waals surface area (Å²) in [5.74, 6) is 0.426. The van der Waals surface area contributed by atoms with E-state index in [9.17, 15) is 4.79 Å². The molecule has 1 heterocycles. The largest absolute Gasteiger partial charge is 0.324 e. The first-order valence-electron chi connectivity index (χ1n) is 6.83. The van der Waals surface area contributed by atoms with Gasteiger partial charge in [-0.05, 0) is 12.0 Å². The highest BCUT2D eigenvalue weighted by molar-refractivity contribution is 5.90. The maximum Gasteiger partial charge on any atom is 0.227 e. The van der Waals surface area contributed by atoms with Crippen LogP contribution < -0.4 is 11.1 Å². The Kier molecular flexibility index (Phi) is 4.90. The monoisotopic (exact) mass is 272 g/mol. The maximum absolute atomic E-state index is 11.9. The number of anilines is 1. The highest BCUT2D eigenvalue weighted by Crippen LogP contribution is 2.14. The molecular formula is C15H20N4O. The van der Waals surface area contributed by atoms with Crippen molar-refractivity contribution in [1.29, 1.82) is 0 Å². The number of aromatic nitrogens is 2. The molecule has 106 valence electrons. The van der Waals surface area contributed by atoms with Crippen LogP contribution in [0, 0.1) is 0 Å². The van der Waals surface area contributed by atoms with E-state index in [1.807, 2.05) is 36.4 Å². The third-order valence-corrected chi connectivity index (χ3v) is 3.05. The number of H-pyrrole nitrogens is 1. The molecule has 5 heteroatoms. The first-order valence-corrected chi connectivity index (χ1v) is 6.83. The summed E-state index contributed by atoms with van der Waals surface area (Å²) in [7, 11) is 0. The fourth-order valence-corrected chi connectivity index (χ4v) is 2.03. The Morgan fingerprint density at radius 3 is 2.85 bits per heavy atom. The van der Waals surface area contributed by atoms with E-state index in [1.165, 1.54) is 0 Å². The van der Waals surface area contributed by atoms with E-state index in [4.69, 9.17) is 5.73 Å². The molecule has 0 radical (unpaired) electrons. The highest BCUT2D eigenvalue weighted by atomic mass is 16.1. The second-order valence-corrected chi connectivity index (χ2v) is 4.80. The average molecular weight is 272 g/mol. The molecular weight excluding hydrogens is 252 g/mol. The lowest BCUT2D eigenvalue weighted by Gasteiger charge is -2.10. The summed E-state index contributed by atoms with van der Waals surface area (Å²) in [6, 6.07) is 11.2. The van der Waals surface area contributed by atoms with Gasteiger partial charge in [-0.3, -0.25) is 9.89 Å². The number of carbonyl (C=O) groups excluding carboxylic acids is 1. The van der Waals surface area contributed by atoms with Crippen molar-refractivity contribution in [1.82, 2.24) is 10.2 Å². The molecule has 0 saturated heterocycles. The van der Waals surface area contributed by atoms with Crippen molar-refractivity contribution in [3.8, 4) is 0 Å². The lowest BCUT2D eigenvalue weighted by atomic mass is 10.0. The van der Waals surface area contributed by atoms with Crippen LogP contribution in [0.2, 0.25) is 0 Å². The smallest absolute Gasteiger partial charge is 0.227 e. The SMILES string of the molecule is CCCc1cc(NC(=O)CC(N)c2ccccc2)n[nH]1. The number of benzene rings is 1. The summed E-state index contributed by atoms with van der Waals surface area (Å²) in [5.41, 5.74) is 7.99. The van der Waals surface area contributed by atoms with Gasteiger partial charge in [0.1, 0.15) is 0 Å². The molecule has 1 amide bonds. The van der Waals surface area contributed by atoms with Gasteiger partial charge in [0, 0.05) is 24.2 Å². The number of hydrogen-bond donors (Lipinski definition) is 3. The standard InChI is InChI=1S/C15H20N4O/c1-2-6-12-9-14(19-18-12)17-15(20)10-13(16)11-7-4-3-5-8-11/h3-5,7-9,13H,2,6,10,16H2,1H3,(H2,17,18,19,20). The quantitative estimate of drug-likeness (QED) is 0.755. The first kappa shape index (κ1) is 14.3. The molecule has 1 unspecified atom stereocenters. The lowest BCUT2D eigenvalue weighted by Crippen LogP contribution is -2.20. The van der Waals surface area contributed by atoms with Crippen molar-refractivity contribution >= 4 is 11.7 Å². The van der Waals surface area contributed by atoms with Crippen molar-refractivity contribution in [2.75, 3.05) is 5.32 Å². The van der Waals surface area contributed by atoms with Crippen LogP contribution in [-0.4, -0.2) is 16.1 Å². The van der Waals surface area contributed by atoms with Gasteiger partial charge in [0.2, 0.25) is 5.91 Å². The predicted octanol–water partition coefficient (Wildman–Crippen LogP) is 2.39. The van der Waals surface area contributed by atoms with E-state index in [-0.39, 0.29) is 18.4 Å². The Balaban J connectivity index is 1.88. The highest BCUT2D eigenvalue weighted by Gasteiger charge is 2.12. The molecule has 5 nitrogen and oxygen atoms in total. The fraction of sp³-hybridized carbons (Fsp3) is 0.333. The Labute approximate surface area is 118 Å². The van der Waals surface area contributed by atoms with Gasteiger partial charge in [-0.25, -0.2) is 0 Å². The Morgan fingerprint density at radius 1 is 1.40 bits per heavy atom. The number of rotatable bonds is 6. The number of aromatic amines is 1. The van der Waals surface area contributed by atoms with Gasteiger partial charge in [-0.2, -0.15) is 5.10 Å². The van der Waals surface area contributed by atoms with E-state index in [2.05, 4.69) is 22.4 Å². The molecule has 0 aliphatic carbocycles. The van der Waals surface area contributed by atoms with Crippen LogP contribution in [0.5, 0.6) is 0 Å². The van der Waals surface area contributed by atoms with Crippen LogP contribution in [-0.2, 0) is 11.2 Å². The minimum atomic E-state index is -0.301. The second kappa shape index (κ2) is 6.86. The molecule has 0 aliphatic heterocycles. The second-order valence-electron chi connectivity index (χ2n) is 4.80. The number of carbonyl (C=O) groups is 1. The lowest BCUT2D eigenvalue weighted by molar-refractivity contribution is -0.116. The molecule has 1 aromatic heterocycles. The van der Waals surface area contributed by atoms with Crippen molar-refractivity contribution in [3.63, 3.8) is 0 Å². The first-order chi connectivity index (χ1) is 9.69. The summed E-state index contributed by atoms with van der Waals surface area (Å²) in [5, 5.41) is 9.72. The van der Waals surface area contributed by atoms with Crippen LogP contribution >= 0.6 is 0 Å². The van der Waals surface area contributed by atoms with Crippen LogP contribution in [0.3, 0.4) is 0 Å². The third kappa shape index (κ3) is 3.93. The third-order valence-electron chi connectivity index (χ3n) is 3.05. The summed E-state index contributed by atoms with van der Waals surface area (Å²) in [6.07, 6.45) is 2.20. The van der Waals surface area contributed by atoms with Gasteiger partial charge >= 0.3 is 0 Å². The molecule has 0 bridgehead atoms. The van der Waals surface area contributed by atoms with E-state index < -0.39 is 0 Å². The van der Waals surface area contributed by atoms with Gasteiger partial charge in [-0.15, -0.1) is 0 Å². The number of nitrogens with one attached hydrogen (secondary N) is 2. The summed E-state index contributed by atoms with van der Waals surface area (Å²) >= 11 is 0. The predicted molar refractivity (Wildman–Crippen MR) is 79.2 cm³/mol. The Hall–Kier alpha value is -2.14. The van der Waals surface area contributed by atoms with Crippen LogP contribution in [0.4, 0.5) is 5.82 Å². The Morgan fingerprint density at radius 2 is 2.15 bits per heavy atom. The summed E-state index contributed by atoms with van der Waals surface area (Å²) < 4.78 is 0. The van der Waals surface area contributed by atoms with Crippen molar-refractivity contribution in [3.05, 3.63) is 47.7 Å². The fourth-order valence-electron chi connectivity index (χ4n) is 2.03.